The van der Waals surface area contributed by atoms with Crippen LogP contribution in [0.3, 0.4) is 0 Å². The summed E-state index contributed by atoms with van der Waals surface area (Å²) in [5.74, 6) is 0. The van der Waals surface area contributed by atoms with Gasteiger partial charge >= 0.3 is 29.6 Å². The van der Waals surface area contributed by atoms with Gasteiger partial charge in [-0.2, -0.15) is 0 Å². The van der Waals surface area contributed by atoms with Gasteiger partial charge in [0.1, 0.15) is 6.09 Å². The van der Waals surface area contributed by atoms with Crippen LogP contribution in [-0.2, 0) is 0 Å². The molecule has 0 saturated carbocycles. The summed E-state index contributed by atoms with van der Waals surface area (Å²) in [5, 5.41) is 10.4. The van der Waals surface area contributed by atoms with E-state index in [-0.39, 0.29) is 29.6 Å². The molecule has 0 aliphatic heterocycles. The van der Waals surface area contributed by atoms with Crippen molar-refractivity contribution in [3.05, 3.63) is 0 Å². The molecule has 0 aliphatic carbocycles. The minimum absolute atomic E-state index is 0. The molecule has 1 amide bonds. The summed E-state index contributed by atoms with van der Waals surface area (Å²) in [6.07, 6.45) is 11.7. The zero-order valence-electron chi connectivity index (χ0n) is 12.5. The van der Waals surface area contributed by atoms with E-state index in [2.05, 4.69) is 6.92 Å². The Morgan fingerprint density at radius 1 is 0.889 bits per heavy atom. The molecule has 18 heavy (non-hydrogen) atoms. The summed E-state index contributed by atoms with van der Waals surface area (Å²) in [4.78, 5) is 11.7. The Morgan fingerprint density at radius 2 is 1.28 bits per heavy atom. The van der Waals surface area contributed by atoms with Gasteiger partial charge in [0.15, 0.2) is 0 Å². The molecule has 0 aromatic carbocycles. The van der Waals surface area contributed by atoms with Crippen LogP contribution in [0.25, 0.3) is 0 Å². The van der Waals surface area contributed by atoms with Crippen molar-refractivity contribution in [3.8, 4) is 0 Å². The summed E-state index contributed by atoms with van der Waals surface area (Å²) in [6, 6.07) is 0. The van der Waals surface area contributed by atoms with Crippen molar-refractivity contribution < 1.29 is 39.5 Å². The number of carbonyl (C=O) groups excluding carboxylic acids is 1. The smallest absolute Gasteiger partial charge is 0.530 e. The number of carboxylic acid groups (broad SMARTS) is 1. The maximum Gasteiger partial charge on any atom is 1.00 e. The van der Waals surface area contributed by atoms with E-state index >= 15 is 0 Å². The number of amides is 1. The zero-order chi connectivity index (χ0) is 12.9. The van der Waals surface area contributed by atoms with Crippen LogP contribution in [0, 0.1) is 0 Å². The topological polar surface area (TPSA) is 43.4 Å². The van der Waals surface area contributed by atoms with Crippen molar-refractivity contribution in [1.82, 2.24) is 4.90 Å². The first-order chi connectivity index (χ1) is 8.18. The summed E-state index contributed by atoms with van der Waals surface area (Å²) in [5.41, 5.74) is 0. The average molecular weight is 265 g/mol. The molecule has 4 heteroatoms. The molecule has 0 radical (unpaired) electrons. The number of rotatable bonds is 11. The van der Waals surface area contributed by atoms with Crippen molar-refractivity contribution in [3.63, 3.8) is 0 Å². The normalized spacial score (nSPS) is 9.89. The van der Waals surface area contributed by atoms with Gasteiger partial charge < -0.3 is 14.8 Å². The molecule has 3 nitrogen and oxygen atoms in total. The van der Waals surface area contributed by atoms with E-state index in [1.165, 1.54) is 56.3 Å². The number of nitrogens with zero attached hydrogens (tertiary/aromatic N) is 1. The number of carbonyl (C=O) groups is 1. The molecule has 0 saturated heterocycles. The average Bonchev–Trinajstić information content (AvgIpc) is 2.31. The van der Waals surface area contributed by atoms with Gasteiger partial charge in [-0.3, -0.25) is 0 Å². The van der Waals surface area contributed by atoms with Crippen LogP contribution in [-0.4, -0.2) is 24.6 Å². The Morgan fingerprint density at radius 3 is 1.67 bits per heavy atom. The van der Waals surface area contributed by atoms with Crippen LogP contribution in [0.15, 0.2) is 0 Å². The molecule has 0 rings (SSSR count). The van der Waals surface area contributed by atoms with Gasteiger partial charge in [-0.15, -0.1) is 0 Å². The van der Waals surface area contributed by atoms with E-state index in [4.69, 9.17) is 0 Å². The van der Waals surface area contributed by atoms with Gasteiger partial charge in [0.25, 0.3) is 0 Å². The Kier molecular flexibility index (Phi) is 17.5. The second-order valence-electron chi connectivity index (χ2n) is 4.87. The number of hydrogen-bond donors (Lipinski definition) is 0. The third kappa shape index (κ3) is 14.3. The summed E-state index contributed by atoms with van der Waals surface area (Å²) in [6.45, 7) is 2.85. The molecule has 0 fully saturated rings. The van der Waals surface area contributed by atoms with Gasteiger partial charge in [0.05, 0.1) is 0 Å². The van der Waals surface area contributed by atoms with E-state index in [9.17, 15) is 9.90 Å². The van der Waals surface area contributed by atoms with Crippen LogP contribution in [0.2, 0.25) is 0 Å². The second kappa shape index (κ2) is 15.3. The molecule has 0 spiro atoms. The molecule has 0 unspecified atom stereocenters. The Bertz CT molecular complexity index is 189. The summed E-state index contributed by atoms with van der Waals surface area (Å²) >= 11 is 0. The maximum absolute atomic E-state index is 10.4. The quantitative estimate of drug-likeness (QED) is 0.395. The predicted molar refractivity (Wildman–Crippen MR) is 69.9 cm³/mol. The van der Waals surface area contributed by atoms with E-state index in [0.717, 1.165) is 12.8 Å². The molecule has 0 N–H and O–H groups in total. The van der Waals surface area contributed by atoms with Gasteiger partial charge in [-0.05, 0) is 6.42 Å². The second-order valence-corrected chi connectivity index (χ2v) is 4.87. The van der Waals surface area contributed by atoms with E-state index in [0.29, 0.717) is 6.54 Å². The fourth-order valence-electron chi connectivity index (χ4n) is 1.93. The molecule has 0 atom stereocenters. The van der Waals surface area contributed by atoms with Gasteiger partial charge in [0.2, 0.25) is 0 Å². The van der Waals surface area contributed by atoms with Crippen LogP contribution in [0.1, 0.15) is 71.1 Å². The minimum atomic E-state index is -1.07. The monoisotopic (exact) mass is 265 g/mol. The number of hydrogen-bond acceptors (Lipinski definition) is 2. The van der Waals surface area contributed by atoms with E-state index < -0.39 is 6.09 Å². The van der Waals surface area contributed by atoms with Crippen LogP contribution in [0.4, 0.5) is 4.79 Å². The van der Waals surface area contributed by atoms with Crippen LogP contribution < -0.4 is 34.7 Å². The third-order valence-corrected chi connectivity index (χ3v) is 3.16. The van der Waals surface area contributed by atoms with Crippen molar-refractivity contribution >= 4 is 6.09 Å². The fraction of sp³-hybridized carbons (Fsp3) is 0.929. The first-order valence-corrected chi connectivity index (χ1v) is 7.10. The molecular weight excluding hydrogens is 237 g/mol. The molecule has 0 aromatic heterocycles. The molecule has 102 valence electrons. The summed E-state index contributed by atoms with van der Waals surface area (Å²) in [7, 11) is 1.57. The largest absolute Gasteiger partial charge is 1.00 e. The van der Waals surface area contributed by atoms with Gasteiger partial charge in [0, 0.05) is 13.6 Å². The first kappa shape index (κ1) is 20.6. The Balaban J connectivity index is 0. The molecule has 0 aliphatic rings. The predicted octanol–water partition coefficient (Wildman–Crippen LogP) is 0.186. The fourth-order valence-corrected chi connectivity index (χ4v) is 1.93. The standard InChI is InChI=1S/C14H29NO2.Na/c1-3-4-5-6-7-8-9-10-11-12-13-15(2)14(16)17;/h3-13H2,1-2H3,(H,16,17);/q;+1/p-1. The van der Waals surface area contributed by atoms with Gasteiger partial charge in [-0.1, -0.05) is 64.7 Å². The zero-order valence-corrected chi connectivity index (χ0v) is 14.5. The van der Waals surface area contributed by atoms with E-state index in [1.54, 1.807) is 7.05 Å². The van der Waals surface area contributed by atoms with Crippen LogP contribution >= 0.6 is 0 Å². The first-order valence-electron chi connectivity index (χ1n) is 7.10. The SMILES string of the molecule is CCCCCCCCCCCCN(C)C(=O)[O-].[Na+]. The Labute approximate surface area is 135 Å². The minimum Gasteiger partial charge on any atom is -0.530 e. The third-order valence-electron chi connectivity index (χ3n) is 3.16. The Hall–Kier alpha value is 0.270. The molecule has 0 aromatic rings. The number of unbranched alkanes of at least 4 members (excludes halogenated alkanes) is 9. The van der Waals surface area contributed by atoms with Crippen LogP contribution in [0.5, 0.6) is 0 Å². The van der Waals surface area contributed by atoms with E-state index in [1.807, 2.05) is 0 Å². The maximum atomic E-state index is 10.4. The van der Waals surface area contributed by atoms with Crippen molar-refractivity contribution in [2.75, 3.05) is 13.6 Å². The van der Waals surface area contributed by atoms with Crippen molar-refractivity contribution in [2.24, 2.45) is 0 Å². The molecule has 0 heterocycles. The van der Waals surface area contributed by atoms with Crippen molar-refractivity contribution in [1.29, 1.82) is 0 Å². The van der Waals surface area contributed by atoms with Gasteiger partial charge in [-0.25, -0.2) is 0 Å². The van der Waals surface area contributed by atoms with Crippen molar-refractivity contribution in [2.45, 2.75) is 71.1 Å². The molecular formula is C14H28NNaO2. The summed E-state index contributed by atoms with van der Waals surface area (Å²) < 4.78 is 0. The molecule has 0 bridgehead atoms.